The van der Waals surface area contributed by atoms with Crippen molar-refractivity contribution in [3.63, 3.8) is 0 Å². The van der Waals surface area contributed by atoms with Crippen LogP contribution in [0.25, 0.3) is 0 Å². The molecule has 0 N–H and O–H groups in total. The highest BCUT2D eigenvalue weighted by molar-refractivity contribution is 5.87. The second-order valence-corrected chi connectivity index (χ2v) is 7.38. The summed E-state index contributed by atoms with van der Waals surface area (Å²) in [6.45, 7) is 7.65. The summed E-state index contributed by atoms with van der Waals surface area (Å²) in [6.07, 6.45) is 5.84. The number of carbonyl (C=O) groups excluding carboxylic acids is 2. The van der Waals surface area contributed by atoms with Gasteiger partial charge in [-0.3, -0.25) is 4.79 Å². The molecule has 2 heterocycles. The van der Waals surface area contributed by atoms with Crippen LogP contribution in [0.4, 0.5) is 0 Å². The smallest absolute Gasteiger partial charge is 0.333 e. The highest BCUT2D eigenvalue weighted by Crippen LogP contribution is 2.48. The van der Waals surface area contributed by atoms with Gasteiger partial charge in [0, 0.05) is 17.9 Å². The van der Waals surface area contributed by atoms with Crippen molar-refractivity contribution in [1.29, 1.82) is 0 Å². The van der Waals surface area contributed by atoms with Crippen LogP contribution in [-0.4, -0.2) is 35.9 Å². The largest absolute Gasteiger partial charge is 0.462 e. The Morgan fingerprint density at radius 1 is 1.42 bits per heavy atom. The summed E-state index contributed by atoms with van der Waals surface area (Å²) in [7, 11) is 0. The molecule has 5 nitrogen and oxygen atoms in total. The minimum atomic E-state index is -0.445. The SMILES string of the molecule is C/C=C(\C)C(=O)OC1C2OC2(C)CC/C=C(\C)C[C@@H]2OC(=O)C[C@@H]12. The van der Waals surface area contributed by atoms with Crippen molar-refractivity contribution in [2.45, 2.75) is 77.3 Å². The van der Waals surface area contributed by atoms with E-state index >= 15 is 0 Å². The van der Waals surface area contributed by atoms with Crippen molar-refractivity contribution in [3.05, 3.63) is 23.3 Å². The van der Waals surface area contributed by atoms with Gasteiger partial charge < -0.3 is 14.2 Å². The van der Waals surface area contributed by atoms with Crippen molar-refractivity contribution in [2.75, 3.05) is 0 Å². The van der Waals surface area contributed by atoms with Crippen LogP contribution >= 0.6 is 0 Å². The Hall–Kier alpha value is -1.62. The maximum absolute atomic E-state index is 12.3. The summed E-state index contributed by atoms with van der Waals surface area (Å²) in [5.74, 6) is -0.717. The molecule has 3 unspecified atom stereocenters. The summed E-state index contributed by atoms with van der Waals surface area (Å²) in [5.41, 5.74) is 1.48. The van der Waals surface area contributed by atoms with Crippen LogP contribution in [-0.2, 0) is 23.8 Å². The fraction of sp³-hybridized carbons (Fsp3) is 0.684. The summed E-state index contributed by atoms with van der Waals surface area (Å²) in [4.78, 5) is 24.2. The van der Waals surface area contributed by atoms with Gasteiger partial charge in [0.2, 0.25) is 0 Å². The molecule has 0 aromatic heterocycles. The monoisotopic (exact) mass is 334 g/mol. The molecule has 5 heteroatoms. The highest BCUT2D eigenvalue weighted by atomic mass is 16.6. The predicted octanol–water partition coefficient (Wildman–Crippen LogP) is 3.08. The van der Waals surface area contributed by atoms with Crippen LogP contribution in [0.2, 0.25) is 0 Å². The van der Waals surface area contributed by atoms with Crippen LogP contribution < -0.4 is 0 Å². The number of ether oxygens (including phenoxy) is 3. The number of fused-ring (bicyclic) bond motifs is 2. The van der Waals surface area contributed by atoms with Crippen molar-refractivity contribution in [3.8, 4) is 0 Å². The van der Waals surface area contributed by atoms with Crippen LogP contribution in [0.15, 0.2) is 23.3 Å². The average molecular weight is 334 g/mol. The van der Waals surface area contributed by atoms with Gasteiger partial charge in [-0.1, -0.05) is 17.7 Å². The third-order valence-corrected chi connectivity index (χ3v) is 5.48. The Bertz CT molecular complexity index is 605. The predicted molar refractivity (Wildman–Crippen MR) is 88.2 cm³/mol. The number of hydrogen-bond donors (Lipinski definition) is 0. The van der Waals surface area contributed by atoms with E-state index in [1.807, 2.05) is 0 Å². The molecule has 24 heavy (non-hydrogen) atoms. The second kappa shape index (κ2) is 6.36. The van der Waals surface area contributed by atoms with E-state index < -0.39 is 6.10 Å². The van der Waals surface area contributed by atoms with E-state index in [9.17, 15) is 9.59 Å². The van der Waals surface area contributed by atoms with Crippen molar-refractivity contribution in [1.82, 2.24) is 0 Å². The van der Waals surface area contributed by atoms with Gasteiger partial charge in [0.25, 0.3) is 0 Å². The van der Waals surface area contributed by atoms with Crippen molar-refractivity contribution >= 4 is 11.9 Å². The molecule has 0 saturated carbocycles. The lowest BCUT2D eigenvalue weighted by Crippen LogP contribution is -2.39. The summed E-state index contributed by atoms with van der Waals surface area (Å²) < 4.78 is 17.3. The molecule has 0 amide bonds. The normalized spacial score (nSPS) is 41.4. The van der Waals surface area contributed by atoms with Crippen molar-refractivity contribution < 1.29 is 23.8 Å². The Morgan fingerprint density at radius 2 is 2.17 bits per heavy atom. The van der Waals surface area contributed by atoms with Gasteiger partial charge in [0.15, 0.2) is 0 Å². The molecule has 1 aliphatic carbocycles. The quantitative estimate of drug-likeness (QED) is 0.336. The number of rotatable bonds is 2. The molecule has 132 valence electrons. The van der Waals surface area contributed by atoms with Crippen LogP contribution in [0.5, 0.6) is 0 Å². The van der Waals surface area contributed by atoms with Gasteiger partial charge in [0.1, 0.15) is 18.3 Å². The highest BCUT2D eigenvalue weighted by Gasteiger charge is 2.61. The van der Waals surface area contributed by atoms with E-state index in [1.165, 1.54) is 5.57 Å². The zero-order chi connectivity index (χ0) is 17.5. The molecule has 0 aromatic carbocycles. The molecule has 0 bridgehead atoms. The van der Waals surface area contributed by atoms with E-state index in [-0.39, 0.29) is 42.1 Å². The third kappa shape index (κ3) is 3.27. The molecule has 0 radical (unpaired) electrons. The Labute approximate surface area is 143 Å². The molecule has 3 aliphatic rings. The Morgan fingerprint density at radius 3 is 2.88 bits per heavy atom. The van der Waals surface area contributed by atoms with E-state index in [1.54, 1.807) is 19.9 Å². The van der Waals surface area contributed by atoms with Gasteiger partial charge in [0.05, 0.1) is 12.0 Å². The molecular weight excluding hydrogens is 308 g/mol. The Kier molecular flexibility index (Phi) is 4.56. The summed E-state index contributed by atoms with van der Waals surface area (Å²) in [5, 5.41) is 0. The second-order valence-electron chi connectivity index (χ2n) is 7.38. The summed E-state index contributed by atoms with van der Waals surface area (Å²) >= 11 is 0. The molecule has 3 rings (SSSR count). The number of allylic oxidation sites excluding steroid dienone is 2. The minimum absolute atomic E-state index is 0.153. The maximum Gasteiger partial charge on any atom is 0.333 e. The topological polar surface area (TPSA) is 65.1 Å². The first-order chi connectivity index (χ1) is 11.3. The van der Waals surface area contributed by atoms with Crippen molar-refractivity contribution in [2.24, 2.45) is 5.92 Å². The fourth-order valence-electron chi connectivity index (χ4n) is 3.73. The van der Waals surface area contributed by atoms with E-state index in [4.69, 9.17) is 14.2 Å². The van der Waals surface area contributed by atoms with Crippen LogP contribution in [0.1, 0.15) is 53.4 Å². The lowest BCUT2D eigenvalue weighted by atomic mass is 9.83. The minimum Gasteiger partial charge on any atom is -0.462 e. The standard InChI is InChI=1S/C19H26O5/c1-5-12(3)18(21)23-16-13-10-15(20)22-14(13)9-11(2)7-6-8-19(4)17(16)24-19/h5,7,13-14,16-17H,6,8-10H2,1-4H3/b11-7+,12-5+/t13-,14+,16?,17?,19?/m1/s1. The number of epoxide rings is 1. The van der Waals surface area contributed by atoms with Gasteiger partial charge in [-0.2, -0.15) is 0 Å². The molecule has 2 fully saturated rings. The van der Waals surface area contributed by atoms with Gasteiger partial charge >= 0.3 is 11.9 Å². The van der Waals surface area contributed by atoms with E-state index in [0.29, 0.717) is 12.0 Å². The third-order valence-electron chi connectivity index (χ3n) is 5.48. The fourth-order valence-corrected chi connectivity index (χ4v) is 3.73. The van der Waals surface area contributed by atoms with Gasteiger partial charge in [-0.15, -0.1) is 0 Å². The molecular formula is C19H26O5. The molecule has 2 saturated heterocycles. The zero-order valence-corrected chi connectivity index (χ0v) is 14.8. The lowest BCUT2D eigenvalue weighted by Gasteiger charge is -2.27. The Balaban J connectivity index is 1.89. The zero-order valence-electron chi connectivity index (χ0n) is 14.8. The number of carbonyl (C=O) groups is 2. The molecule has 0 aromatic rings. The van der Waals surface area contributed by atoms with Gasteiger partial charge in [-0.25, -0.2) is 4.79 Å². The van der Waals surface area contributed by atoms with E-state index in [2.05, 4.69) is 19.9 Å². The first-order valence-corrected chi connectivity index (χ1v) is 8.71. The van der Waals surface area contributed by atoms with Crippen LogP contribution in [0.3, 0.4) is 0 Å². The van der Waals surface area contributed by atoms with Crippen LogP contribution in [0, 0.1) is 5.92 Å². The molecule has 0 spiro atoms. The average Bonchev–Trinajstić information content (AvgIpc) is 3.05. The van der Waals surface area contributed by atoms with E-state index in [0.717, 1.165) is 12.8 Å². The number of hydrogen-bond acceptors (Lipinski definition) is 5. The molecule has 5 atom stereocenters. The lowest BCUT2D eigenvalue weighted by molar-refractivity contribution is -0.149. The number of esters is 2. The van der Waals surface area contributed by atoms with Gasteiger partial charge in [-0.05, 0) is 40.5 Å². The maximum atomic E-state index is 12.3. The first-order valence-electron chi connectivity index (χ1n) is 8.71. The first kappa shape index (κ1) is 17.2. The molecule has 2 aliphatic heterocycles. The summed E-state index contributed by atoms with van der Waals surface area (Å²) in [6, 6.07) is 0.